The Morgan fingerprint density at radius 3 is 3.00 bits per heavy atom. The van der Waals surface area contributed by atoms with E-state index in [1.54, 1.807) is 0 Å². The van der Waals surface area contributed by atoms with Gasteiger partial charge in [0.05, 0.1) is 0 Å². The lowest BCUT2D eigenvalue weighted by atomic mass is 9.77. The zero-order valence-corrected chi connectivity index (χ0v) is 7.55. The van der Waals surface area contributed by atoms with Crippen molar-refractivity contribution in [2.45, 2.75) is 33.1 Å². The molecule has 3 nitrogen and oxygen atoms in total. The maximum Gasteiger partial charge on any atom is 0.170 e. The SMILES string of the molecule is CC1(C)CCc2onc(N)c2C1. The van der Waals surface area contributed by atoms with E-state index in [1.165, 1.54) is 0 Å². The smallest absolute Gasteiger partial charge is 0.170 e. The van der Waals surface area contributed by atoms with Gasteiger partial charge in [-0.1, -0.05) is 19.0 Å². The third kappa shape index (κ3) is 1.09. The second-order valence-electron chi connectivity index (χ2n) is 4.31. The second kappa shape index (κ2) is 2.25. The molecule has 2 rings (SSSR count). The van der Waals surface area contributed by atoms with Crippen LogP contribution in [0, 0.1) is 5.41 Å². The Kier molecular flexibility index (Phi) is 1.43. The highest BCUT2D eigenvalue weighted by atomic mass is 16.5. The molecule has 1 aromatic rings. The van der Waals surface area contributed by atoms with Gasteiger partial charge in [-0.05, 0) is 18.3 Å². The molecule has 0 aliphatic heterocycles. The van der Waals surface area contributed by atoms with Crippen LogP contribution in [0.5, 0.6) is 0 Å². The van der Waals surface area contributed by atoms with Gasteiger partial charge in [-0.3, -0.25) is 0 Å². The Bertz CT molecular complexity index is 301. The lowest BCUT2D eigenvalue weighted by Gasteiger charge is -2.27. The Labute approximate surface area is 71.9 Å². The number of nitrogens with zero attached hydrogens (tertiary/aromatic N) is 1. The number of hydrogen-bond donors (Lipinski definition) is 1. The van der Waals surface area contributed by atoms with Crippen LogP contribution in [0.1, 0.15) is 31.6 Å². The van der Waals surface area contributed by atoms with Crippen LogP contribution in [0.2, 0.25) is 0 Å². The molecule has 2 N–H and O–H groups in total. The fraction of sp³-hybridized carbons (Fsp3) is 0.667. The molecular weight excluding hydrogens is 152 g/mol. The predicted molar refractivity (Wildman–Crippen MR) is 46.7 cm³/mol. The molecule has 0 bridgehead atoms. The van der Waals surface area contributed by atoms with Gasteiger partial charge < -0.3 is 10.3 Å². The lowest BCUT2D eigenvalue weighted by molar-refractivity contribution is 0.282. The van der Waals surface area contributed by atoms with Crippen LogP contribution in [0.15, 0.2) is 4.52 Å². The number of rotatable bonds is 0. The van der Waals surface area contributed by atoms with Crippen LogP contribution in [0.3, 0.4) is 0 Å². The highest BCUT2D eigenvalue weighted by molar-refractivity contribution is 5.42. The van der Waals surface area contributed by atoms with Gasteiger partial charge in [-0.25, -0.2) is 0 Å². The van der Waals surface area contributed by atoms with Gasteiger partial charge >= 0.3 is 0 Å². The largest absolute Gasteiger partial charge is 0.381 e. The third-order valence-electron chi connectivity index (χ3n) is 2.58. The first kappa shape index (κ1) is 7.65. The minimum Gasteiger partial charge on any atom is -0.381 e. The van der Waals surface area contributed by atoms with Crippen LogP contribution in [0.4, 0.5) is 5.82 Å². The Morgan fingerprint density at radius 1 is 1.50 bits per heavy atom. The van der Waals surface area contributed by atoms with E-state index in [2.05, 4.69) is 19.0 Å². The van der Waals surface area contributed by atoms with E-state index in [4.69, 9.17) is 10.3 Å². The predicted octanol–water partition coefficient (Wildman–Crippen LogP) is 1.77. The van der Waals surface area contributed by atoms with Gasteiger partial charge in [0.15, 0.2) is 5.82 Å². The van der Waals surface area contributed by atoms with Gasteiger partial charge in [-0.15, -0.1) is 0 Å². The third-order valence-corrected chi connectivity index (χ3v) is 2.58. The van der Waals surface area contributed by atoms with Crippen molar-refractivity contribution in [3.05, 3.63) is 11.3 Å². The quantitative estimate of drug-likeness (QED) is 0.639. The number of aromatic nitrogens is 1. The molecule has 12 heavy (non-hydrogen) atoms. The van der Waals surface area contributed by atoms with Gasteiger partial charge in [-0.2, -0.15) is 0 Å². The molecule has 0 atom stereocenters. The number of anilines is 1. The zero-order chi connectivity index (χ0) is 8.77. The monoisotopic (exact) mass is 166 g/mol. The molecule has 0 unspecified atom stereocenters. The first-order chi connectivity index (χ1) is 5.58. The van der Waals surface area contributed by atoms with E-state index in [1.807, 2.05) is 0 Å². The molecular formula is C9H14N2O. The Morgan fingerprint density at radius 2 is 2.25 bits per heavy atom. The molecule has 0 saturated heterocycles. The van der Waals surface area contributed by atoms with Gasteiger partial charge in [0.1, 0.15) is 5.76 Å². The van der Waals surface area contributed by atoms with Crippen molar-refractivity contribution in [2.75, 3.05) is 5.73 Å². The summed E-state index contributed by atoms with van der Waals surface area (Å²) < 4.78 is 5.11. The number of hydrogen-bond acceptors (Lipinski definition) is 3. The molecule has 0 fully saturated rings. The molecule has 3 heteroatoms. The summed E-state index contributed by atoms with van der Waals surface area (Å²) in [6, 6.07) is 0. The molecule has 0 saturated carbocycles. The highest BCUT2D eigenvalue weighted by Crippen LogP contribution is 2.36. The number of aryl methyl sites for hydroxylation is 1. The summed E-state index contributed by atoms with van der Waals surface area (Å²) in [6.45, 7) is 4.50. The summed E-state index contributed by atoms with van der Waals surface area (Å²) in [5.74, 6) is 1.57. The standard InChI is InChI=1S/C9H14N2O/c1-9(2)4-3-7-6(5-9)8(10)11-12-7/h3-5H2,1-2H3,(H2,10,11). The summed E-state index contributed by atoms with van der Waals surface area (Å²) in [4.78, 5) is 0. The molecule has 1 heterocycles. The fourth-order valence-corrected chi connectivity index (χ4v) is 1.76. The van der Waals surface area contributed by atoms with E-state index in [0.717, 1.165) is 30.6 Å². The fourth-order valence-electron chi connectivity index (χ4n) is 1.76. The van der Waals surface area contributed by atoms with E-state index in [-0.39, 0.29) is 0 Å². The molecule has 1 aromatic heterocycles. The average Bonchev–Trinajstić information content (AvgIpc) is 2.31. The van der Waals surface area contributed by atoms with Crippen LogP contribution < -0.4 is 5.73 Å². The molecule has 66 valence electrons. The van der Waals surface area contributed by atoms with Crippen LogP contribution in [0.25, 0.3) is 0 Å². The molecule has 1 aliphatic rings. The number of nitrogen functional groups attached to an aromatic ring is 1. The van der Waals surface area contributed by atoms with Crippen molar-refractivity contribution >= 4 is 5.82 Å². The summed E-state index contributed by atoms with van der Waals surface area (Å²) in [5, 5.41) is 3.77. The van der Waals surface area contributed by atoms with Crippen molar-refractivity contribution in [3.63, 3.8) is 0 Å². The average molecular weight is 166 g/mol. The van der Waals surface area contributed by atoms with E-state index >= 15 is 0 Å². The van der Waals surface area contributed by atoms with Crippen molar-refractivity contribution in [1.29, 1.82) is 0 Å². The van der Waals surface area contributed by atoms with Gasteiger partial charge in [0, 0.05) is 12.0 Å². The van der Waals surface area contributed by atoms with Crippen LogP contribution in [-0.2, 0) is 12.8 Å². The summed E-state index contributed by atoms with van der Waals surface area (Å²) in [5.41, 5.74) is 7.16. The molecule has 1 aliphatic carbocycles. The summed E-state index contributed by atoms with van der Waals surface area (Å²) >= 11 is 0. The first-order valence-electron chi connectivity index (χ1n) is 4.31. The molecule has 0 aromatic carbocycles. The first-order valence-corrected chi connectivity index (χ1v) is 4.31. The Balaban J connectivity index is 2.38. The minimum absolute atomic E-state index is 0.354. The van der Waals surface area contributed by atoms with E-state index in [0.29, 0.717) is 11.2 Å². The summed E-state index contributed by atoms with van der Waals surface area (Å²) in [6.07, 6.45) is 3.14. The van der Waals surface area contributed by atoms with Crippen molar-refractivity contribution in [3.8, 4) is 0 Å². The van der Waals surface area contributed by atoms with Crippen molar-refractivity contribution in [2.24, 2.45) is 5.41 Å². The molecule has 0 amide bonds. The van der Waals surface area contributed by atoms with Gasteiger partial charge in [0.25, 0.3) is 0 Å². The van der Waals surface area contributed by atoms with E-state index in [9.17, 15) is 0 Å². The number of nitrogens with two attached hydrogens (primary N) is 1. The summed E-state index contributed by atoms with van der Waals surface area (Å²) in [7, 11) is 0. The maximum absolute atomic E-state index is 5.68. The zero-order valence-electron chi connectivity index (χ0n) is 7.55. The van der Waals surface area contributed by atoms with Crippen LogP contribution >= 0.6 is 0 Å². The maximum atomic E-state index is 5.68. The molecule has 0 radical (unpaired) electrons. The van der Waals surface area contributed by atoms with Crippen molar-refractivity contribution < 1.29 is 4.52 Å². The minimum atomic E-state index is 0.354. The van der Waals surface area contributed by atoms with Crippen molar-refractivity contribution in [1.82, 2.24) is 5.16 Å². The highest BCUT2D eigenvalue weighted by Gasteiger charge is 2.29. The Hall–Kier alpha value is -0.990. The topological polar surface area (TPSA) is 52.0 Å². The number of fused-ring (bicyclic) bond motifs is 1. The second-order valence-corrected chi connectivity index (χ2v) is 4.31. The van der Waals surface area contributed by atoms with Gasteiger partial charge in [0.2, 0.25) is 0 Å². The normalized spacial score (nSPS) is 20.5. The molecule has 0 spiro atoms. The van der Waals surface area contributed by atoms with E-state index < -0.39 is 0 Å². The lowest BCUT2D eigenvalue weighted by Crippen LogP contribution is -2.21. The van der Waals surface area contributed by atoms with Crippen LogP contribution in [-0.4, -0.2) is 5.16 Å².